The second kappa shape index (κ2) is 5.23. The maximum Gasteiger partial charge on any atom is 0.261 e. The maximum absolute atomic E-state index is 13.0. The lowest BCUT2D eigenvalue weighted by Gasteiger charge is -2.08. The molecule has 1 N–H and O–H groups in total. The van der Waals surface area contributed by atoms with Crippen LogP contribution in [0.2, 0.25) is 0 Å². The molecule has 0 aliphatic heterocycles. The van der Waals surface area contributed by atoms with E-state index >= 15 is 0 Å². The Hall–Kier alpha value is -1.15. The van der Waals surface area contributed by atoms with Crippen LogP contribution in [0.4, 0.5) is 10.1 Å². The Morgan fingerprint density at radius 3 is 2.44 bits per heavy atom. The van der Waals surface area contributed by atoms with Gasteiger partial charge in [-0.15, -0.1) is 0 Å². The first-order chi connectivity index (χ1) is 8.47. The van der Waals surface area contributed by atoms with E-state index < -0.39 is 15.8 Å². The van der Waals surface area contributed by atoms with E-state index in [-0.39, 0.29) is 4.90 Å². The fraction of sp³-hybridized carbons (Fsp3) is 0. The number of rotatable bonds is 3. The Morgan fingerprint density at radius 2 is 1.78 bits per heavy atom. The lowest BCUT2D eigenvalue weighted by Crippen LogP contribution is -2.13. The predicted molar refractivity (Wildman–Crippen MR) is 76.4 cm³/mol. The molecule has 94 valence electrons. The molecule has 18 heavy (non-hydrogen) atoms. The van der Waals surface area contributed by atoms with E-state index in [0.29, 0.717) is 5.69 Å². The van der Waals surface area contributed by atoms with Gasteiger partial charge in [-0.3, -0.25) is 4.72 Å². The van der Waals surface area contributed by atoms with Crippen molar-refractivity contribution in [2.75, 3.05) is 4.72 Å². The van der Waals surface area contributed by atoms with Crippen molar-refractivity contribution >= 4 is 38.3 Å². The number of halogens is 2. The first kappa shape index (κ1) is 13.3. The number of hydrogen-bond acceptors (Lipinski definition) is 2. The number of sulfonamides is 1. The van der Waals surface area contributed by atoms with Gasteiger partial charge in [0.05, 0.1) is 4.90 Å². The van der Waals surface area contributed by atoms with Gasteiger partial charge in [-0.05, 0) is 59.0 Å². The summed E-state index contributed by atoms with van der Waals surface area (Å²) in [6, 6.07) is 11.8. The van der Waals surface area contributed by atoms with Crippen LogP contribution in [-0.2, 0) is 10.0 Å². The van der Waals surface area contributed by atoms with E-state index in [1.165, 1.54) is 18.2 Å². The summed E-state index contributed by atoms with van der Waals surface area (Å²) in [5, 5.41) is 0. The minimum absolute atomic E-state index is 0.0960. The van der Waals surface area contributed by atoms with E-state index in [9.17, 15) is 12.8 Å². The van der Waals surface area contributed by atoms with Crippen LogP contribution in [0.15, 0.2) is 53.4 Å². The summed E-state index contributed by atoms with van der Waals surface area (Å²) in [4.78, 5) is -0.0960. The van der Waals surface area contributed by atoms with E-state index in [4.69, 9.17) is 0 Å². The van der Waals surface area contributed by atoms with Crippen LogP contribution in [-0.4, -0.2) is 8.42 Å². The lowest BCUT2D eigenvalue weighted by atomic mass is 10.3. The summed E-state index contributed by atoms with van der Waals surface area (Å²) in [6.07, 6.45) is 0. The molecule has 0 saturated carbocycles. The predicted octanol–water partition coefficient (Wildman–Crippen LogP) is 3.23. The molecular weight excluding hydrogens is 368 g/mol. The van der Waals surface area contributed by atoms with Gasteiger partial charge in [-0.1, -0.05) is 12.1 Å². The van der Waals surface area contributed by atoms with Crippen LogP contribution in [0, 0.1) is 9.39 Å². The summed E-state index contributed by atoms with van der Waals surface area (Å²) in [5.74, 6) is -0.583. The fourth-order valence-electron chi connectivity index (χ4n) is 1.40. The van der Waals surface area contributed by atoms with E-state index in [2.05, 4.69) is 27.3 Å². The number of benzene rings is 2. The van der Waals surface area contributed by atoms with Crippen LogP contribution < -0.4 is 4.72 Å². The van der Waals surface area contributed by atoms with Crippen LogP contribution in [0.5, 0.6) is 0 Å². The molecule has 0 atom stereocenters. The molecule has 2 aromatic rings. The van der Waals surface area contributed by atoms with Crippen molar-refractivity contribution in [2.24, 2.45) is 0 Å². The molecule has 0 aliphatic rings. The van der Waals surface area contributed by atoms with Gasteiger partial charge >= 0.3 is 0 Å². The summed E-state index contributed by atoms with van der Waals surface area (Å²) in [5.41, 5.74) is 0.450. The molecule has 2 aromatic carbocycles. The molecule has 0 bridgehead atoms. The Labute approximate surface area is 118 Å². The SMILES string of the molecule is O=S(=O)(Nc1cccc(I)c1)c1cccc(F)c1. The zero-order valence-corrected chi connectivity index (χ0v) is 12.1. The largest absolute Gasteiger partial charge is 0.280 e. The molecule has 0 aromatic heterocycles. The summed E-state index contributed by atoms with van der Waals surface area (Å²) in [7, 11) is -3.75. The van der Waals surface area contributed by atoms with Crippen molar-refractivity contribution < 1.29 is 12.8 Å². The third-order valence-electron chi connectivity index (χ3n) is 2.18. The molecule has 6 heteroatoms. The standard InChI is InChI=1S/C12H9FINO2S/c13-9-3-1-6-12(7-9)18(16,17)15-11-5-2-4-10(14)8-11/h1-8,15H. The van der Waals surface area contributed by atoms with Crippen molar-refractivity contribution in [2.45, 2.75) is 4.90 Å². The highest BCUT2D eigenvalue weighted by molar-refractivity contribution is 14.1. The zero-order valence-electron chi connectivity index (χ0n) is 9.10. The van der Waals surface area contributed by atoms with Crippen LogP contribution in [0.1, 0.15) is 0 Å². The Morgan fingerprint density at radius 1 is 1.06 bits per heavy atom. The van der Waals surface area contributed by atoms with E-state index in [1.807, 2.05) is 6.07 Å². The second-order valence-corrected chi connectivity index (χ2v) is 6.50. The highest BCUT2D eigenvalue weighted by Gasteiger charge is 2.14. The highest BCUT2D eigenvalue weighted by atomic mass is 127. The average Bonchev–Trinajstić information content (AvgIpc) is 2.28. The second-order valence-electron chi connectivity index (χ2n) is 3.57. The summed E-state index contributed by atoms with van der Waals surface area (Å²) < 4.78 is 40.3. The molecule has 0 aliphatic carbocycles. The van der Waals surface area contributed by atoms with Crippen LogP contribution in [0.3, 0.4) is 0 Å². The molecular formula is C12H9FINO2S. The van der Waals surface area contributed by atoms with Gasteiger partial charge in [0, 0.05) is 9.26 Å². The van der Waals surface area contributed by atoms with Crippen molar-refractivity contribution in [3.63, 3.8) is 0 Å². The highest BCUT2D eigenvalue weighted by Crippen LogP contribution is 2.18. The first-order valence-electron chi connectivity index (χ1n) is 5.01. The maximum atomic E-state index is 13.0. The molecule has 0 unspecified atom stereocenters. The lowest BCUT2D eigenvalue weighted by molar-refractivity contribution is 0.595. The van der Waals surface area contributed by atoms with Gasteiger partial charge in [0.2, 0.25) is 0 Å². The zero-order chi connectivity index (χ0) is 13.2. The third kappa shape index (κ3) is 3.20. The average molecular weight is 377 g/mol. The third-order valence-corrected chi connectivity index (χ3v) is 4.23. The molecule has 2 rings (SSSR count). The van der Waals surface area contributed by atoms with Crippen molar-refractivity contribution in [1.82, 2.24) is 0 Å². The number of hydrogen-bond donors (Lipinski definition) is 1. The van der Waals surface area contributed by atoms with Crippen molar-refractivity contribution in [3.8, 4) is 0 Å². The smallest absolute Gasteiger partial charge is 0.261 e. The summed E-state index contributed by atoms with van der Waals surface area (Å²) >= 11 is 2.08. The number of anilines is 1. The molecule has 0 amide bonds. The van der Waals surface area contributed by atoms with Gasteiger partial charge in [0.25, 0.3) is 10.0 Å². The first-order valence-corrected chi connectivity index (χ1v) is 7.57. The Kier molecular flexibility index (Phi) is 3.86. The monoisotopic (exact) mass is 377 g/mol. The van der Waals surface area contributed by atoms with Gasteiger partial charge in [0.1, 0.15) is 5.82 Å². The fourth-order valence-corrected chi connectivity index (χ4v) is 3.02. The quantitative estimate of drug-likeness (QED) is 0.835. The molecule has 0 saturated heterocycles. The van der Waals surface area contributed by atoms with E-state index in [1.54, 1.807) is 18.2 Å². The molecule has 3 nitrogen and oxygen atoms in total. The molecule has 0 spiro atoms. The summed E-state index contributed by atoms with van der Waals surface area (Å²) in [6.45, 7) is 0. The minimum Gasteiger partial charge on any atom is -0.280 e. The van der Waals surface area contributed by atoms with Crippen LogP contribution >= 0.6 is 22.6 Å². The van der Waals surface area contributed by atoms with Crippen molar-refractivity contribution in [1.29, 1.82) is 0 Å². The van der Waals surface area contributed by atoms with Gasteiger partial charge in [-0.25, -0.2) is 12.8 Å². The van der Waals surface area contributed by atoms with Gasteiger partial charge in [-0.2, -0.15) is 0 Å². The van der Waals surface area contributed by atoms with Crippen molar-refractivity contribution in [3.05, 3.63) is 57.9 Å². The van der Waals surface area contributed by atoms with E-state index in [0.717, 1.165) is 9.64 Å². The Balaban J connectivity index is 2.33. The minimum atomic E-state index is -3.75. The molecule has 0 fully saturated rings. The normalized spacial score (nSPS) is 11.2. The molecule has 0 heterocycles. The van der Waals surface area contributed by atoms with Gasteiger partial charge < -0.3 is 0 Å². The molecule has 0 radical (unpaired) electrons. The van der Waals surface area contributed by atoms with Crippen LogP contribution in [0.25, 0.3) is 0 Å². The Bertz CT molecular complexity index is 673. The van der Waals surface area contributed by atoms with Gasteiger partial charge in [0.15, 0.2) is 0 Å². The topological polar surface area (TPSA) is 46.2 Å². The number of nitrogens with one attached hydrogen (secondary N) is 1.